The standard InChI is InChI=1S/C16H15FN2O/c1-10-5-14-16(6-11(10)2)19(9-18-14)15-4-3-13(17)7-12(15)8-20/h3-7,9,20H,8H2,1-2H3. The highest BCUT2D eigenvalue weighted by atomic mass is 19.1. The first-order valence-corrected chi connectivity index (χ1v) is 6.44. The Morgan fingerprint density at radius 1 is 1.15 bits per heavy atom. The fourth-order valence-electron chi connectivity index (χ4n) is 2.37. The quantitative estimate of drug-likeness (QED) is 0.776. The van der Waals surface area contributed by atoms with E-state index in [-0.39, 0.29) is 12.4 Å². The average molecular weight is 270 g/mol. The molecule has 102 valence electrons. The molecule has 1 aromatic heterocycles. The molecule has 4 heteroatoms. The summed E-state index contributed by atoms with van der Waals surface area (Å²) in [5.41, 5.74) is 5.49. The van der Waals surface area contributed by atoms with Crippen LogP contribution in [0.15, 0.2) is 36.7 Å². The molecule has 0 radical (unpaired) electrons. The van der Waals surface area contributed by atoms with Crippen molar-refractivity contribution in [1.29, 1.82) is 0 Å². The molecule has 0 saturated heterocycles. The smallest absolute Gasteiger partial charge is 0.123 e. The molecule has 0 aliphatic rings. The highest BCUT2D eigenvalue weighted by molar-refractivity contribution is 5.79. The van der Waals surface area contributed by atoms with Gasteiger partial charge in [0.25, 0.3) is 0 Å². The van der Waals surface area contributed by atoms with E-state index < -0.39 is 0 Å². The summed E-state index contributed by atoms with van der Waals surface area (Å²) in [5.74, 6) is -0.353. The SMILES string of the molecule is Cc1cc2ncn(-c3ccc(F)cc3CO)c2cc1C. The number of imidazole rings is 1. The van der Waals surface area contributed by atoms with E-state index in [1.165, 1.54) is 23.3 Å². The van der Waals surface area contributed by atoms with Crippen LogP contribution in [0.25, 0.3) is 16.7 Å². The van der Waals surface area contributed by atoms with Crippen molar-refractivity contribution in [2.24, 2.45) is 0 Å². The van der Waals surface area contributed by atoms with Crippen LogP contribution in [0.4, 0.5) is 4.39 Å². The number of hydrogen-bond donors (Lipinski definition) is 1. The molecule has 0 saturated carbocycles. The Bertz CT molecular complexity index is 793. The summed E-state index contributed by atoms with van der Waals surface area (Å²) in [4.78, 5) is 4.38. The van der Waals surface area contributed by atoms with Gasteiger partial charge in [-0.2, -0.15) is 0 Å². The second kappa shape index (κ2) is 4.72. The molecule has 0 bridgehead atoms. The van der Waals surface area contributed by atoms with Crippen molar-refractivity contribution in [1.82, 2.24) is 9.55 Å². The van der Waals surface area contributed by atoms with Crippen molar-refractivity contribution in [3.8, 4) is 5.69 Å². The van der Waals surface area contributed by atoms with Gasteiger partial charge < -0.3 is 5.11 Å². The second-order valence-electron chi connectivity index (χ2n) is 4.97. The molecule has 3 aromatic rings. The molecular weight excluding hydrogens is 255 g/mol. The molecule has 3 nitrogen and oxygen atoms in total. The van der Waals surface area contributed by atoms with Crippen molar-refractivity contribution in [3.63, 3.8) is 0 Å². The van der Waals surface area contributed by atoms with Crippen LogP contribution in [-0.4, -0.2) is 14.7 Å². The van der Waals surface area contributed by atoms with Crippen LogP contribution in [0.1, 0.15) is 16.7 Å². The molecule has 20 heavy (non-hydrogen) atoms. The number of aliphatic hydroxyl groups excluding tert-OH is 1. The molecule has 0 amide bonds. The number of hydrogen-bond acceptors (Lipinski definition) is 2. The predicted octanol–water partition coefficient (Wildman–Crippen LogP) is 3.27. The van der Waals surface area contributed by atoms with Gasteiger partial charge in [0.15, 0.2) is 0 Å². The van der Waals surface area contributed by atoms with Gasteiger partial charge in [-0.25, -0.2) is 9.37 Å². The minimum atomic E-state index is -0.353. The third kappa shape index (κ3) is 1.98. The number of aryl methyl sites for hydroxylation is 2. The van der Waals surface area contributed by atoms with Gasteiger partial charge in [-0.3, -0.25) is 4.57 Å². The molecule has 0 aliphatic carbocycles. The van der Waals surface area contributed by atoms with Crippen LogP contribution in [0.2, 0.25) is 0 Å². The Kier molecular flexibility index (Phi) is 3.03. The van der Waals surface area contributed by atoms with Crippen LogP contribution in [-0.2, 0) is 6.61 Å². The van der Waals surface area contributed by atoms with Gasteiger partial charge in [0.2, 0.25) is 0 Å². The number of aliphatic hydroxyl groups is 1. The summed E-state index contributed by atoms with van der Waals surface area (Å²) in [7, 11) is 0. The largest absolute Gasteiger partial charge is 0.392 e. The van der Waals surface area contributed by atoms with E-state index in [4.69, 9.17) is 0 Å². The van der Waals surface area contributed by atoms with E-state index in [9.17, 15) is 9.50 Å². The lowest BCUT2D eigenvalue weighted by Gasteiger charge is -2.10. The van der Waals surface area contributed by atoms with E-state index in [2.05, 4.69) is 11.1 Å². The van der Waals surface area contributed by atoms with E-state index in [0.717, 1.165) is 16.7 Å². The number of aromatic nitrogens is 2. The van der Waals surface area contributed by atoms with Crippen molar-refractivity contribution in [2.45, 2.75) is 20.5 Å². The number of rotatable bonds is 2. The van der Waals surface area contributed by atoms with Crippen LogP contribution >= 0.6 is 0 Å². The van der Waals surface area contributed by atoms with Crippen LogP contribution in [0.5, 0.6) is 0 Å². The third-order valence-corrected chi connectivity index (χ3v) is 3.63. The predicted molar refractivity (Wildman–Crippen MR) is 76.4 cm³/mol. The lowest BCUT2D eigenvalue weighted by molar-refractivity contribution is 0.281. The van der Waals surface area contributed by atoms with Crippen LogP contribution in [0.3, 0.4) is 0 Å². The maximum Gasteiger partial charge on any atom is 0.123 e. The monoisotopic (exact) mass is 270 g/mol. The van der Waals surface area contributed by atoms with E-state index in [0.29, 0.717) is 5.56 Å². The van der Waals surface area contributed by atoms with Crippen molar-refractivity contribution >= 4 is 11.0 Å². The topological polar surface area (TPSA) is 38.0 Å². The van der Waals surface area contributed by atoms with Crippen molar-refractivity contribution < 1.29 is 9.50 Å². The van der Waals surface area contributed by atoms with Gasteiger partial charge in [0.05, 0.1) is 23.3 Å². The van der Waals surface area contributed by atoms with E-state index in [1.807, 2.05) is 24.5 Å². The minimum Gasteiger partial charge on any atom is -0.392 e. The van der Waals surface area contributed by atoms with Crippen molar-refractivity contribution in [3.05, 3.63) is 59.2 Å². The van der Waals surface area contributed by atoms with Gasteiger partial charge in [0.1, 0.15) is 12.1 Å². The first kappa shape index (κ1) is 12.8. The number of halogens is 1. The van der Waals surface area contributed by atoms with Crippen LogP contribution < -0.4 is 0 Å². The zero-order valence-electron chi connectivity index (χ0n) is 11.4. The maximum absolute atomic E-state index is 13.3. The summed E-state index contributed by atoms with van der Waals surface area (Å²) in [5, 5.41) is 9.41. The fourth-order valence-corrected chi connectivity index (χ4v) is 2.37. The molecule has 0 spiro atoms. The summed E-state index contributed by atoms with van der Waals surface area (Å²) in [6.07, 6.45) is 1.70. The van der Waals surface area contributed by atoms with Crippen LogP contribution in [0, 0.1) is 19.7 Å². The fraction of sp³-hybridized carbons (Fsp3) is 0.188. The van der Waals surface area contributed by atoms with Gasteiger partial charge >= 0.3 is 0 Å². The summed E-state index contributed by atoms with van der Waals surface area (Å²) in [6.45, 7) is 3.88. The molecule has 2 aromatic carbocycles. The Balaban J connectivity index is 2.27. The molecule has 1 heterocycles. The number of benzene rings is 2. The number of fused-ring (bicyclic) bond motifs is 1. The minimum absolute atomic E-state index is 0.211. The maximum atomic E-state index is 13.3. The first-order chi connectivity index (χ1) is 9.60. The lowest BCUT2D eigenvalue weighted by atomic mass is 10.1. The summed E-state index contributed by atoms with van der Waals surface area (Å²) < 4.78 is 15.2. The zero-order chi connectivity index (χ0) is 14.3. The molecule has 0 fully saturated rings. The van der Waals surface area contributed by atoms with Gasteiger partial charge in [-0.1, -0.05) is 0 Å². The summed E-state index contributed by atoms with van der Waals surface area (Å²) in [6, 6.07) is 8.49. The average Bonchev–Trinajstić information content (AvgIpc) is 2.82. The third-order valence-electron chi connectivity index (χ3n) is 3.63. The van der Waals surface area contributed by atoms with Gasteiger partial charge in [0, 0.05) is 5.56 Å². The molecular formula is C16H15FN2O. The summed E-state index contributed by atoms with van der Waals surface area (Å²) >= 11 is 0. The highest BCUT2D eigenvalue weighted by Crippen LogP contribution is 2.24. The molecule has 3 rings (SSSR count). The lowest BCUT2D eigenvalue weighted by Crippen LogP contribution is -1.99. The van der Waals surface area contributed by atoms with Gasteiger partial charge in [-0.15, -0.1) is 0 Å². The normalized spacial score (nSPS) is 11.2. The molecule has 1 N–H and O–H groups in total. The molecule has 0 aliphatic heterocycles. The zero-order valence-corrected chi connectivity index (χ0v) is 11.4. The Labute approximate surface area is 116 Å². The van der Waals surface area contributed by atoms with Crippen molar-refractivity contribution in [2.75, 3.05) is 0 Å². The Hall–Kier alpha value is -2.20. The van der Waals surface area contributed by atoms with Gasteiger partial charge in [-0.05, 0) is 55.3 Å². The second-order valence-corrected chi connectivity index (χ2v) is 4.97. The molecule has 0 atom stereocenters. The number of nitrogens with zero attached hydrogens (tertiary/aromatic N) is 2. The Morgan fingerprint density at radius 2 is 1.90 bits per heavy atom. The molecule has 0 unspecified atom stereocenters. The van der Waals surface area contributed by atoms with E-state index in [1.54, 1.807) is 12.4 Å². The van der Waals surface area contributed by atoms with E-state index >= 15 is 0 Å². The first-order valence-electron chi connectivity index (χ1n) is 6.44. The Morgan fingerprint density at radius 3 is 2.65 bits per heavy atom. The highest BCUT2D eigenvalue weighted by Gasteiger charge is 2.10.